The van der Waals surface area contributed by atoms with E-state index < -0.39 is 0 Å². The Bertz CT molecular complexity index is 807. The molecule has 0 amide bonds. The van der Waals surface area contributed by atoms with Crippen LogP contribution in [0, 0.1) is 6.92 Å². The van der Waals surface area contributed by atoms with Gasteiger partial charge in [-0.15, -0.1) is 0 Å². The quantitative estimate of drug-likeness (QED) is 0.689. The van der Waals surface area contributed by atoms with Crippen LogP contribution < -0.4 is 14.2 Å². The highest BCUT2D eigenvalue weighted by Gasteiger charge is 2.11. The lowest BCUT2D eigenvalue weighted by Gasteiger charge is -2.08. The first-order valence-electron chi connectivity index (χ1n) is 7.44. The lowest BCUT2D eigenvalue weighted by molar-refractivity contribution is 0.241. The maximum absolute atomic E-state index is 5.70. The molecule has 0 saturated carbocycles. The molecule has 0 saturated heterocycles. The first kappa shape index (κ1) is 15.9. The Labute approximate surface area is 140 Å². The SMILES string of the molecule is COc1cc(OC)cc(OCc2nc(-c3ccccc3C)no2)c1. The number of methoxy groups -OCH3 is 2. The van der Waals surface area contributed by atoms with Crippen LogP contribution in [0.3, 0.4) is 0 Å². The third-order valence-electron chi connectivity index (χ3n) is 3.54. The molecule has 0 aliphatic carbocycles. The van der Waals surface area contributed by atoms with Gasteiger partial charge in [0.1, 0.15) is 17.2 Å². The molecule has 0 bridgehead atoms. The van der Waals surface area contributed by atoms with Gasteiger partial charge in [0.25, 0.3) is 5.89 Å². The first-order chi connectivity index (χ1) is 11.7. The van der Waals surface area contributed by atoms with E-state index in [9.17, 15) is 0 Å². The number of ether oxygens (including phenoxy) is 3. The average Bonchev–Trinajstić information content (AvgIpc) is 3.08. The van der Waals surface area contributed by atoms with Crippen LogP contribution in [0.4, 0.5) is 0 Å². The van der Waals surface area contributed by atoms with E-state index in [4.69, 9.17) is 18.7 Å². The monoisotopic (exact) mass is 326 g/mol. The number of aromatic nitrogens is 2. The van der Waals surface area contributed by atoms with E-state index in [2.05, 4.69) is 10.1 Å². The molecule has 1 aromatic heterocycles. The number of benzene rings is 2. The summed E-state index contributed by atoms with van der Waals surface area (Å²) in [7, 11) is 3.18. The molecule has 2 aromatic carbocycles. The minimum Gasteiger partial charge on any atom is -0.496 e. The molecule has 3 aromatic rings. The van der Waals surface area contributed by atoms with Gasteiger partial charge in [-0.25, -0.2) is 0 Å². The second-order valence-corrected chi connectivity index (χ2v) is 5.16. The normalized spacial score (nSPS) is 10.5. The minimum atomic E-state index is 0.162. The van der Waals surface area contributed by atoms with Gasteiger partial charge in [0.2, 0.25) is 5.82 Å². The third kappa shape index (κ3) is 3.48. The van der Waals surface area contributed by atoms with E-state index >= 15 is 0 Å². The number of aryl methyl sites for hydroxylation is 1. The van der Waals surface area contributed by atoms with Gasteiger partial charge in [0.05, 0.1) is 14.2 Å². The van der Waals surface area contributed by atoms with Crippen molar-refractivity contribution in [2.45, 2.75) is 13.5 Å². The summed E-state index contributed by atoms with van der Waals surface area (Å²) < 4.78 is 21.4. The zero-order valence-electron chi connectivity index (χ0n) is 13.8. The average molecular weight is 326 g/mol. The van der Waals surface area contributed by atoms with Crippen molar-refractivity contribution in [2.24, 2.45) is 0 Å². The van der Waals surface area contributed by atoms with Crippen LogP contribution in [-0.2, 0) is 6.61 Å². The van der Waals surface area contributed by atoms with E-state index in [0.717, 1.165) is 11.1 Å². The predicted octanol–water partition coefficient (Wildman–Crippen LogP) is 3.64. The summed E-state index contributed by atoms with van der Waals surface area (Å²) in [6.07, 6.45) is 0. The van der Waals surface area contributed by atoms with Gasteiger partial charge in [-0.2, -0.15) is 4.98 Å². The summed E-state index contributed by atoms with van der Waals surface area (Å²) in [5.41, 5.74) is 2.03. The minimum absolute atomic E-state index is 0.162. The Balaban J connectivity index is 1.73. The Hall–Kier alpha value is -3.02. The fourth-order valence-electron chi connectivity index (χ4n) is 2.26. The van der Waals surface area contributed by atoms with Crippen molar-refractivity contribution in [3.05, 3.63) is 53.9 Å². The first-order valence-corrected chi connectivity index (χ1v) is 7.44. The van der Waals surface area contributed by atoms with Gasteiger partial charge in [-0.1, -0.05) is 29.4 Å². The van der Waals surface area contributed by atoms with Crippen LogP contribution in [0.15, 0.2) is 47.0 Å². The second kappa shape index (κ2) is 7.04. The lowest BCUT2D eigenvalue weighted by atomic mass is 10.1. The van der Waals surface area contributed by atoms with Gasteiger partial charge in [-0.3, -0.25) is 0 Å². The molecule has 124 valence electrons. The van der Waals surface area contributed by atoms with E-state index in [1.165, 1.54) is 0 Å². The van der Waals surface area contributed by atoms with Crippen LogP contribution in [0.2, 0.25) is 0 Å². The summed E-state index contributed by atoms with van der Waals surface area (Å²) in [5, 5.41) is 4.01. The van der Waals surface area contributed by atoms with Crippen molar-refractivity contribution < 1.29 is 18.7 Å². The Kier molecular flexibility index (Phi) is 4.65. The highest BCUT2D eigenvalue weighted by Crippen LogP contribution is 2.28. The summed E-state index contributed by atoms with van der Waals surface area (Å²) in [6, 6.07) is 13.2. The predicted molar refractivity (Wildman–Crippen MR) is 88.3 cm³/mol. The van der Waals surface area contributed by atoms with E-state index in [1.807, 2.05) is 31.2 Å². The molecule has 0 radical (unpaired) electrons. The largest absolute Gasteiger partial charge is 0.496 e. The maximum Gasteiger partial charge on any atom is 0.264 e. The molecule has 0 aliphatic rings. The molecule has 0 fully saturated rings. The van der Waals surface area contributed by atoms with Crippen LogP contribution in [0.5, 0.6) is 17.2 Å². The number of rotatable bonds is 6. The molecule has 0 N–H and O–H groups in total. The van der Waals surface area contributed by atoms with Gasteiger partial charge in [0, 0.05) is 23.8 Å². The van der Waals surface area contributed by atoms with Gasteiger partial charge in [0.15, 0.2) is 6.61 Å². The summed E-state index contributed by atoms with van der Waals surface area (Å²) in [4.78, 5) is 4.38. The molecular weight excluding hydrogens is 308 g/mol. The molecule has 0 atom stereocenters. The highest BCUT2D eigenvalue weighted by atomic mass is 16.5. The summed E-state index contributed by atoms with van der Waals surface area (Å²) in [6.45, 7) is 2.17. The Morgan fingerprint density at radius 1 is 0.958 bits per heavy atom. The van der Waals surface area contributed by atoms with Crippen molar-refractivity contribution in [1.29, 1.82) is 0 Å². The van der Waals surface area contributed by atoms with Crippen molar-refractivity contribution in [1.82, 2.24) is 10.1 Å². The summed E-state index contributed by atoms with van der Waals surface area (Å²) in [5.74, 6) is 2.85. The molecule has 6 heteroatoms. The number of hydrogen-bond acceptors (Lipinski definition) is 6. The van der Waals surface area contributed by atoms with E-state index in [-0.39, 0.29) is 6.61 Å². The molecular formula is C18H18N2O4. The molecule has 6 nitrogen and oxygen atoms in total. The smallest absolute Gasteiger partial charge is 0.264 e. The topological polar surface area (TPSA) is 66.6 Å². The van der Waals surface area contributed by atoms with Crippen LogP contribution in [-0.4, -0.2) is 24.4 Å². The lowest BCUT2D eigenvalue weighted by Crippen LogP contribution is -1.97. The zero-order valence-corrected chi connectivity index (χ0v) is 13.8. The second-order valence-electron chi connectivity index (χ2n) is 5.16. The maximum atomic E-state index is 5.70. The Morgan fingerprint density at radius 2 is 1.62 bits per heavy atom. The van der Waals surface area contributed by atoms with E-state index in [0.29, 0.717) is 29.0 Å². The van der Waals surface area contributed by atoms with Crippen LogP contribution >= 0.6 is 0 Å². The standard InChI is InChI=1S/C18H18N2O4/c1-12-6-4-5-7-16(12)18-19-17(24-20-18)11-23-15-9-13(21-2)8-14(10-15)22-3/h4-10H,11H2,1-3H3. The third-order valence-corrected chi connectivity index (χ3v) is 3.54. The highest BCUT2D eigenvalue weighted by molar-refractivity contribution is 5.58. The van der Waals surface area contributed by atoms with Gasteiger partial charge < -0.3 is 18.7 Å². The van der Waals surface area contributed by atoms with Crippen molar-refractivity contribution in [3.63, 3.8) is 0 Å². The summed E-state index contributed by atoms with van der Waals surface area (Å²) >= 11 is 0. The van der Waals surface area contributed by atoms with E-state index in [1.54, 1.807) is 32.4 Å². The molecule has 0 aliphatic heterocycles. The van der Waals surface area contributed by atoms with Gasteiger partial charge >= 0.3 is 0 Å². The molecule has 1 heterocycles. The van der Waals surface area contributed by atoms with Crippen molar-refractivity contribution in [2.75, 3.05) is 14.2 Å². The number of nitrogens with zero attached hydrogens (tertiary/aromatic N) is 2. The van der Waals surface area contributed by atoms with Crippen LogP contribution in [0.25, 0.3) is 11.4 Å². The number of hydrogen-bond donors (Lipinski definition) is 0. The van der Waals surface area contributed by atoms with Gasteiger partial charge in [-0.05, 0) is 12.5 Å². The fraction of sp³-hybridized carbons (Fsp3) is 0.222. The Morgan fingerprint density at radius 3 is 2.29 bits per heavy atom. The van der Waals surface area contributed by atoms with Crippen molar-refractivity contribution >= 4 is 0 Å². The molecule has 0 spiro atoms. The van der Waals surface area contributed by atoms with Crippen LogP contribution in [0.1, 0.15) is 11.5 Å². The van der Waals surface area contributed by atoms with Crippen molar-refractivity contribution in [3.8, 4) is 28.6 Å². The fourth-order valence-corrected chi connectivity index (χ4v) is 2.26. The molecule has 24 heavy (non-hydrogen) atoms. The molecule has 3 rings (SSSR count). The molecule has 0 unspecified atom stereocenters. The zero-order chi connectivity index (χ0) is 16.9.